The minimum Gasteiger partial charge on any atom is -0.334 e. The monoisotopic (exact) mass is 605 g/mol. The van der Waals surface area contributed by atoms with Crippen LogP contribution in [-0.4, -0.2) is 51.3 Å². The summed E-state index contributed by atoms with van der Waals surface area (Å²) in [6.45, 7) is -0.676. The molecule has 2 atom stereocenters. The maximum Gasteiger partial charge on any atom is 0.428 e. The van der Waals surface area contributed by atoms with Crippen LogP contribution in [0.15, 0.2) is 36.5 Å². The van der Waals surface area contributed by atoms with E-state index in [4.69, 9.17) is 28.0 Å². The number of hydrogen-bond donors (Lipinski definition) is 1. The van der Waals surface area contributed by atoms with Crippen molar-refractivity contribution < 1.29 is 44.6 Å². The number of carbonyl (C=O) groups excluding carboxylic acids is 1. The number of likely N-dealkylation sites (tertiary alicyclic amines) is 1. The Labute approximate surface area is 223 Å². The first kappa shape index (κ1) is 28.6. The number of hydroxylamine groups is 1. The number of alkyl halides is 7. The molecule has 4 rings (SSSR count). The van der Waals surface area contributed by atoms with Crippen LogP contribution >= 0.6 is 23.2 Å². The van der Waals surface area contributed by atoms with E-state index in [2.05, 4.69) is 10.5 Å². The molecule has 1 aromatic carbocycles. The van der Waals surface area contributed by atoms with Gasteiger partial charge in [-0.25, -0.2) is 4.39 Å². The molecule has 0 bridgehead atoms. The van der Waals surface area contributed by atoms with Crippen LogP contribution in [0, 0.1) is 0 Å². The zero-order chi connectivity index (χ0) is 28.3. The Kier molecular flexibility index (Phi) is 7.26. The van der Waals surface area contributed by atoms with Crippen LogP contribution in [0.5, 0.6) is 0 Å². The van der Waals surface area contributed by atoms with Crippen molar-refractivity contribution in [2.24, 2.45) is 0 Å². The van der Waals surface area contributed by atoms with Gasteiger partial charge < -0.3 is 4.90 Å². The number of rotatable bonds is 5. The first-order chi connectivity index (χ1) is 17.5. The molecule has 1 N–H and O–H groups in total. The predicted octanol–water partition coefficient (Wildman–Crippen LogP) is 5.13. The Morgan fingerprint density at radius 1 is 1.18 bits per heavy atom. The normalized spacial score (nSPS) is 21.9. The number of nitrogens with zero attached hydrogens (tertiary/aromatic N) is 2. The largest absolute Gasteiger partial charge is 0.428 e. The minimum atomic E-state index is -5.25. The number of benzene rings is 1. The second-order valence-electron chi connectivity index (χ2n) is 8.68. The molecular formula is C22H16Cl2F7N3O3S. The van der Waals surface area contributed by atoms with Gasteiger partial charge in [0.15, 0.2) is 5.67 Å². The van der Waals surface area contributed by atoms with Gasteiger partial charge >= 0.3 is 12.4 Å². The number of halogens is 9. The zero-order valence-electron chi connectivity index (χ0n) is 19.0. The summed E-state index contributed by atoms with van der Waals surface area (Å²) in [5.41, 5.74) is -6.27. The van der Waals surface area contributed by atoms with E-state index < -0.39 is 61.5 Å². The zero-order valence-corrected chi connectivity index (χ0v) is 21.3. The summed E-state index contributed by atoms with van der Waals surface area (Å²) < 4.78 is 109. The van der Waals surface area contributed by atoms with Crippen LogP contribution in [0.4, 0.5) is 30.7 Å². The first-order valence-corrected chi connectivity index (χ1v) is 13.0. The summed E-state index contributed by atoms with van der Waals surface area (Å²) >= 11 is 11.3. The lowest BCUT2D eigenvalue weighted by Gasteiger charge is -2.43. The number of hydrogen-bond acceptors (Lipinski definition) is 5. The van der Waals surface area contributed by atoms with E-state index in [1.807, 2.05) is 0 Å². The Balaban J connectivity index is 1.64. The SMILES string of the molecule is CS(=O)CC(=O)N1CC(F)(c2ccc(C3=CC(c4cc(Cl)c(Cl)c(C(F)(F)F)c4)(C(F)(F)F)ON3)cn2)C1. The van der Waals surface area contributed by atoms with Crippen molar-refractivity contribution in [2.45, 2.75) is 23.6 Å². The Bertz CT molecular complexity index is 1330. The molecule has 2 aliphatic rings. The molecule has 3 heterocycles. The van der Waals surface area contributed by atoms with E-state index in [0.717, 1.165) is 11.1 Å². The summed E-state index contributed by atoms with van der Waals surface area (Å²) in [6, 6.07) is 3.26. The molecule has 0 saturated carbocycles. The van der Waals surface area contributed by atoms with Gasteiger partial charge in [-0.1, -0.05) is 23.2 Å². The Hall–Kier alpha value is -2.42. The number of pyridine rings is 1. The van der Waals surface area contributed by atoms with E-state index in [1.54, 1.807) is 0 Å². The molecule has 2 unspecified atom stereocenters. The van der Waals surface area contributed by atoms with Crippen LogP contribution in [0.1, 0.15) is 22.4 Å². The van der Waals surface area contributed by atoms with Crippen LogP contribution < -0.4 is 5.48 Å². The van der Waals surface area contributed by atoms with Gasteiger partial charge in [-0.3, -0.25) is 24.3 Å². The smallest absolute Gasteiger partial charge is 0.334 e. The lowest BCUT2D eigenvalue weighted by molar-refractivity contribution is -0.269. The van der Waals surface area contributed by atoms with Gasteiger partial charge in [0.25, 0.3) is 0 Å². The highest BCUT2D eigenvalue weighted by molar-refractivity contribution is 7.85. The molecular weight excluding hydrogens is 590 g/mol. The number of aromatic nitrogens is 1. The predicted molar refractivity (Wildman–Crippen MR) is 124 cm³/mol. The second-order valence-corrected chi connectivity index (χ2v) is 10.9. The number of carbonyl (C=O) groups is 1. The molecule has 6 nitrogen and oxygen atoms in total. The fourth-order valence-electron chi connectivity index (χ4n) is 3.98. The van der Waals surface area contributed by atoms with E-state index in [-0.39, 0.29) is 41.9 Å². The molecule has 0 radical (unpaired) electrons. The van der Waals surface area contributed by atoms with Gasteiger partial charge in [0.1, 0.15) is 5.75 Å². The maximum atomic E-state index is 15.1. The maximum absolute atomic E-state index is 15.1. The highest BCUT2D eigenvalue weighted by Crippen LogP contribution is 2.50. The van der Waals surface area contributed by atoms with Gasteiger partial charge in [0.05, 0.1) is 40.1 Å². The van der Waals surface area contributed by atoms with Crippen LogP contribution in [-0.2, 0) is 37.9 Å². The first-order valence-electron chi connectivity index (χ1n) is 10.5. The van der Waals surface area contributed by atoms with Crippen molar-refractivity contribution in [3.8, 4) is 0 Å². The molecule has 0 spiro atoms. The van der Waals surface area contributed by atoms with Crippen LogP contribution in [0.2, 0.25) is 10.0 Å². The van der Waals surface area contributed by atoms with Crippen molar-refractivity contribution in [1.82, 2.24) is 15.4 Å². The molecule has 2 aromatic rings. The molecule has 1 fully saturated rings. The third-order valence-electron chi connectivity index (χ3n) is 5.95. The Morgan fingerprint density at radius 2 is 1.84 bits per heavy atom. The highest BCUT2D eigenvalue weighted by Gasteiger charge is 2.60. The van der Waals surface area contributed by atoms with Gasteiger partial charge in [0.2, 0.25) is 11.5 Å². The number of amides is 1. The quantitative estimate of drug-likeness (QED) is 0.479. The lowest BCUT2D eigenvalue weighted by atomic mass is 9.89. The van der Waals surface area contributed by atoms with E-state index >= 15 is 4.39 Å². The van der Waals surface area contributed by atoms with E-state index in [0.29, 0.717) is 12.1 Å². The lowest BCUT2D eigenvalue weighted by Crippen LogP contribution is -2.60. The fourth-order valence-corrected chi connectivity index (χ4v) is 4.94. The molecule has 2 aliphatic heterocycles. The molecule has 16 heteroatoms. The third-order valence-corrected chi connectivity index (χ3v) is 7.40. The van der Waals surface area contributed by atoms with Crippen LogP contribution in [0.25, 0.3) is 5.70 Å². The van der Waals surface area contributed by atoms with E-state index in [9.17, 15) is 35.3 Å². The van der Waals surface area contributed by atoms with E-state index in [1.165, 1.54) is 18.4 Å². The average molecular weight is 606 g/mol. The molecule has 206 valence electrons. The molecule has 38 heavy (non-hydrogen) atoms. The van der Waals surface area contributed by atoms with Gasteiger partial charge in [-0.15, -0.1) is 0 Å². The standard InChI is InChI=1S/C22H16Cl2F7N3O3S/c1-38(36)8-17(35)34-9-19(25,10-34)16-3-2-11(7-32-16)15-6-20(37-33-15,22(29,30)31)12-4-13(21(26,27)28)18(24)14(23)5-12/h2-7,33H,8-10H2,1H3. The fraction of sp³-hybridized carbons (Fsp3) is 0.364. The summed E-state index contributed by atoms with van der Waals surface area (Å²) in [5, 5.41) is -1.72. The second kappa shape index (κ2) is 9.65. The highest BCUT2D eigenvalue weighted by atomic mass is 35.5. The third kappa shape index (κ3) is 5.10. The molecule has 1 saturated heterocycles. The minimum absolute atomic E-state index is 0.00761. The average Bonchev–Trinajstić information content (AvgIpc) is 3.24. The summed E-state index contributed by atoms with van der Waals surface area (Å²) in [5.74, 6) is -0.750. The number of nitrogens with one attached hydrogen (secondary N) is 1. The van der Waals surface area contributed by atoms with Gasteiger partial charge in [0, 0.05) is 34.4 Å². The van der Waals surface area contributed by atoms with Crippen molar-refractivity contribution in [1.29, 1.82) is 0 Å². The van der Waals surface area contributed by atoms with Crippen molar-refractivity contribution in [3.63, 3.8) is 0 Å². The summed E-state index contributed by atoms with van der Waals surface area (Å²) in [6.07, 6.45) is -7.45. The molecule has 1 aromatic heterocycles. The summed E-state index contributed by atoms with van der Waals surface area (Å²) in [4.78, 5) is 21.8. The van der Waals surface area contributed by atoms with Crippen LogP contribution in [0.3, 0.4) is 0 Å². The van der Waals surface area contributed by atoms with Gasteiger partial charge in [-0.05, 0) is 30.3 Å². The molecule has 1 amide bonds. The van der Waals surface area contributed by atoms with Gasteiger partial charge in [-0.2, -0.15) is 26.3 Å². The van der Waals surface area contributed by atoms with Crippen molar-refractivity contribution in [2.75, 3.05) is 25.1 Å². The topological polar surface area (TPSA) is 71.5 Å². The van der Waals surface area contributed by atoms with Crippen molar-refractivity contribution in [3.05, 3.63) is 69.0 Å². The Morgan fingerprint density at radius 3 is 2.37 bits per heavy atom. The molecule has 0 aliphatic carbocycles. The summed E-state index contributed by atoms with van der Waals surface area (Å²) in [7, 11) is -1.40. The van der Waals surface area contributed by atoms with Crippen molar-refractivity contribution >= 4 is 45.6 Å².